The Morgan fingerprint density at radius 1 is 1.06 bits per heavy atom. The zero-order valence-electron chi connectivity index (χ0n) is 17.8. The number of carbonyl (C=O) groups is 2. The Labute approximate surface area is 194 Å². The monoisotopic (exact) mass is 485 g/mol. The highest BCUT2D eigenvalue weighted by Crippen LogP contribution is 2.33. The van der Waals surface area contributed by atoms with E-state index >= 15 is 4.39 Å². The number of amides is 1. The first-order valence-electron chi connectivity index (χ1n) is 10.1. The van der Waals surface area contributed by atoms with E-state index in [-0.39, 0.29) is 42.2 Å². The van der Waals surface area contributed by atoms with Gasteiger partial charge in [0, 0.05) is 17.7 Å². The van der Waals surface area contributed by atoms with Crippen molar-refractivity contribution in [1.82, 2.24) is 19.3 Å². The van der Waals surface area contributed by atoms with Gasteiger partial charge >= 0.3 is 6.47 Å². The van der Waals surface area contributed by atoms with Gasteiger partial charge in [-0.25, -0.2) is 17.8 Å². The highest BCUT2D eigenvalue weighted by Gasteiger charge is 2.34. The SMILES string of the molecule is Nc1cnc(-c2ccc(-c3ccccc3)c(CS(=O)(=O)N3CCN(OC=O)C(=O)C3)c2F)cn1. The molecular formula is C22H20FN5O5S. The first-order valence-corrected chi connectivity index (χ1v) is 11.7. The zero-order chi connectivity index (χ0) is 24.3. The Balaban J connectivity index is 1.74. The van der Waals surface area contributed by atoms with E-state index in [9.17, 15) is 18.0 Å². The summed E-state index contributed by atoms with van der Waals surface area (Å²) in [5.74, 6) is -1.99. The number of nitrogens with two attached hydrogens (primary N) is 1. The third-order valence-corrected chi connectivity index (χ3v) is 7.06. The van der Waals surface area contributed by atoms with Gasteiger partial charge in [0.25, 0.3) is 5.91 Å². The Morgan fingerprint density at radius 2 is 1.79 bits per heavy atom. The second kappa shape index (κ2) is 9.53. The summed E-state index contributed by atoms with van der Waals surface area (Å²) in [6.07, 6.45) is 2.59. The smallest absolute Gasteiger partial charge is 0.320 e. The Bertz CT molecular complexity index is 1320. The summed E-state index contributed by atoms with van der Waals surface area (Å²) >= 11 is 0. The van der Waals surface area contributed by atoms with E-state index in [1.165, 1.54) is 18.5 Å². The van der Waals surface area contributed by atoms with E-state index in [0.717, 1.165) is 9.37 Å². The molecule has 1 aliphatic heterocycles. The van der Waals surface area contributed by atoms with Crippen molar-refractivity contribution in [2.24, 2.45) is 0 Å². The average molecular weight is 485 g/mol. The van der Waals surface area contributed by atoms with Gasteiger partial charge in [-0.15, -0.1) is 0 Å². The van der Waals surface area contributed by atoms with Crippen molar-refractivity contribution < 1.29 is 27.2 Å². The first-order chi connectivity index (χ1) is 16.3. The molecule has 4 rings (SSSR count). The van der Waals surface area contributed by atoms with Crippen molar-refractivity contribution in [2.45, 2.75) is 5.75 Å². The number of hydrogen-bond donors (Lipinski definition) is 1. The van der Waals surface area contributed by atoms with Crippen LogP contribution < -0.4 is 5.73 Å². The van der Waals surface area contributed by atoms with Gasteiger partial charge in [0.2, 0.25) is 10.0 Å². The molecule has 2 N–H and O–H groups in total. The van der Waals surface area contributed by atoms with Crippen LogP contribution in [0.4, 0.5) is 10.2 Å². The maximum atomic E-state index is 15.8. The van der Waals surface area contributed by atoms with Gasteiger partial charge < -0.3 is 10.6 Å². The normalized spacial score (nSPS) is 14.7. The van der Waals surface area contributed by atoms with Crippen LogP contribution in [0.5, 0.6) is 0 Å². The number of rotatable bonds is 7. The summed E-state index contributed by atoms with van der Waals surface area (Å²) in [4.78, 5) is 35.2. The number of piperazine rings is 1. The third-order valence-electron chi connectivity index (χ3n) is 5.31. The molecular weight excluding hydrogens is 465 g/mol. The van der Waals surface area contributed by atoms with Gasteiger partial charge in [-0.1, -0.05) is 36.4 Å². The largest absolute Gasteiger partial charge is 0.382 e. The van der Waals surface area contributed by atoms with E-state index in [1.807, 2.05) is 0 Å². The second-order valence-electron chi connectivity index (χ2n) is 7.43. The van der Waals surface area contributed by atoms with Crippen molar-refractivity contribution in [1.29, 1.82) is 0 Å². The van der Waals surface area contributed by atoms with Gasteiger partial charge in [-0.3, -0.25) is 14.6 Å². The lowest BCUT2D eigenvalue weighted by Crippen LogP contribution is -2.52. The molecule has 0 spiro atoms. The van der Waals surface area contributed by atoms with Gasteiger partial charge in [-0.2, -0.15) is 9.37 Å². The van der Waals surface area contributed by atoms with Crippen LogP contribution in [0.1, 0.15) is 5.56 Å². The van der Waals surface area contributed by atoms with Gasteiger partial charge in [0.05, 0.1) is 36.9 Å². The minimum absolute atomic E-state index is 0.0673. The molecule has 0 unspecified atom stereocenters. The van der Waals surface area contributed by atoms with Crippen LogP contribution in [-0.2, 0) is 30.2 Å². The topological polar surface area (TPSA) is 136 Å². The van der Waals surface area contributed by atoms with Crippen LogP contribution in [-0.4, -0.2) is 59.8 Å². The highest BCUT2D eigenvalue weighted by molar-refractivity contribution is 7.88. The van der Waals surface area contributed by atoms with Crippen molar-refractivity contribution in [3.05, 3.63) is 66.2 Å². The molecule has 1 aliphatic rings. The predicted molar refractivity (Wildman–Crippen MR) is 120 cm³/mol. The predicted octanol–water partition coefficient (Wildman–Crippen LogP) is 1.59. The summed E-state index contributed by atoms with van der Waals surface area (Å²) in [6.45, 7) is -0.671. The number of aromatic nitrogens is 2. The van der Waals surface area contributed by atoms with E-state index in [2.05, 4.69) is 14.8 Å². The quantitative estimate of drug-likeness (QED) is 0.499. The molecule has 0 aliphatic carbocycles. The molecule has 12 heteroatoms. The van der Waals surface area contributed by atoms with Crippen LogP contribution in [0, 0.1) is 5.82 Å². The molecule has 176 valence electrons. The average Bonchev–Trinajstić information content (AvgIpc) is 2.83. The lowest BCUT2D eigenvalue weighted by atomic mass is 9.96. The molecule has 1 aromatic heterocycles. The molecule has 0 radical (unpaired) electrons. The van der Waals surface area contributed by atoms with Gasteiger partial charge in [-0.05, 0) is 17.2 Å². The molecule has 1 amide bonds. The molecule has 2 aromatic carbocycles. The molecule has 10 nitrogen and oxygen atoms in total. The van der Waals surface area contributed by atoms with E-state index < -0.39 is 34.0 Å². The number of benzene rings is 2. The summed E-state index contributed by atoms with van der Waals surface area (Å²) < 4.78 is 43.2. The number of nitrogens with zero attached hydrogens (tertiary/aromatic N) is 4. The maximum Gasteiger partial charge on any atom is 0.320 e. The molecule has 34 heavy (non-hydrogen) atoms. The first kappa shape index (κ1) is 23.3. The number of halogens is 1. The maximum absolute atomic E-state index is 15.8. The van der Waals surface area contributed by atoms with Crippen molar-refractivity contribution in [3.8, 4) is 22.4 Å². The van der Waals surface area contributed by atoms with Gasteiger partial charge in [0.15, 0.2) is 0 Å². The Kier molecular flexibility index (Phi) is 6.52. The lowest BCUT2D eigenvalue weighted by Gasteiger charge is -2.31. The standard InChI is InChI=1S/C22H20FN5O5S/c23-22-17(19-10-26-20(24)11-25-19)7-6-16(15-4-2-1-3-5-15)18(22)13-34(31,32)27-8-9-28(33-14-29)21(30)12-27/h1-7,10-11,14H,8-9,12-13H2,(H2,24,26). The van der Waals surface area contributed by atoms with Crippen molar-refractivity contribution in [2.75, 3.05) is 25.4 Å². The van der Waals surface area contributed by atoms with Crippen LogP contribution in [0.15, 0.2) is 54.9 Å². The lowest BCUT2D eigenvalue weighted by molar-refractivity contribution is -0.191. The van der Waals surface area contributed by atoms with Crippen molar-refractivity contribution in [3.63, 3.8) is 0 Å². The minimum Gasteiger partial charge on any atom is -0.382 e. The third kappa shape index (κ3) is 4.72. The minimum atomic E-state index is -4.12. The fourth-order valence-corrected chi connectivity index (χ4v) is 5.13. The summed E-state index contributed by atoms with van der Waals surface area (Å²) in [6, 6.07) is 11.9. The number of anilines is 1. The molecule has 0 atom stereocenters. The summed E-state index contributed by atoms with van der Waals surface area (Å²) in [7, 11) is -4.12. The fraction of sp³-hybridized carbons (Fsp3) is 0.182. The number of hydrogen-bond acceptors (Lipinski definition) is 8. The molecule has 2 heterocycles. The molecule has 3 aromatic rings. The van der Waals surface area contributed by atoms with Crippen molar-refractivity contribution >= 4 is 28.2 Å². The van der Waals surface area contributed by atoms with Gasteiger partial charge in [0.1, 0.15) is 11.6 Å². The number of hydroxylamine groups is 2. The summed E-state index contributed by atoms with van der Waals surface area (Å²) in [5, 5.41) is 0.787. The molecule has 1 fully saturated rings. The van der Waals surface area contributed by atoms with E-state index in [4.69, 9.17) is 5.73 Å². The Hall–Kier alpha value is -3.90. The highest BCUT2D eigenvalue weighted by atomic mass is 32.2. The molecule has 1 saturated heterocycles. The van der Waals surface area contributed by atoms with Crippen LogP contribution in [0.25, 0.3) is 22.4 Å². The number of sulfonamides is 1. The zero-order valence-corrected chi connectivity index (χ0v) is 18.6. The van der Waals surface area contributed by atoms with E-state index in [0.29, 0.717) is 11.1 Å². The fourth-order valence-electron chi connectivity index (χ4n) is 3.64. The second-order valence-corrected chi connectivity index (χ2v) is 9.40. The van der Waals surface area contributed by atoms with Crippen LogP contribution in [0.3, 0.4) is 0 Å². The molecule has 0 saturated carbocycles. The van der Waals surface area contributed by atoms with Crippen LogP contribution >= 0.6 is 0 Å². The summed E-state index contributed by atoms with van der Waals surface area (Å²) in [5.41, 5.74) is 6.78. The van der Waals surface area contributed by atoms with Crippen LogP contribution in [0.2, 0.25) is 0 Å². The molecule has 0 bridgehead atoms. The van der Waals surface area contributed by atoms with E-state index in [1.54, 1.807) is 36.4 Å². The number of carbonyl (C=O) groups excluding carboxylic acids is 2. The number of nitrogen functional groups attached to an aromatic ring is 1. The Morgan fingerprint density at radius 3 is 2.44 bits per heavy atom.